The summed E-state index contributed by atoms with van der Waals surface area (Å²) in [5.41, 5.74) is 1.12. The summed E-state index contributed by atoms with van der Waals surface area (Å²) in [5, 5.41) is 6.73. The van der Waals surface area contributed by atoms with Gasteiger partial charge in [0.2, 0.25) is 0 Å². The molecule has 2 N–H and O–H groups in total. The summed E-state index contributed by atoms with van der Waals surface area (Å²) in [6, 6.07) is 7.13. The molecule has 0 radical (unpaired) electrons. The Morgan fingerprint density at radius 2 is 1.67 bits per heavy atom. The van der Waals surface area contributed by atoms with E-state index in [0.717, 1.165) is 37.6 Å². The van der Waals surface area contributed by atoms with E-state index in [4.69, 9.17) is 4.99 Å². The normalized spacial score (nSPS) is 17.2. The predicted octanol–water partition coefficient (Wildman–Crippen LogP) is 3.55. The lowest BCUT2D eigenvalue weighted by atomic mass is 9.91. The van der Waals surface area contributed by atoms with Gasteiger partial charge in [0.15, 0.2) is 15.8 Å². The van der Waals surface area contributed by atoms with Gasteiger partial charge >= 0.3 is 0 Å². The van der Waals surface area contributed by atoms with Crippen molar-refractivity contribution in [2.45, 2.75) is 63.2 Å². The second-order valence-corrected chi connectivity index (χ2v) is 9.54. The minimum Gasteiger partial charge on any atom is -0.357 e. The molecule has 0 aromatic heterocycles. The van der Waals surface area contributed by atoms with Gasteiger partial charge in [0.1, 0.15) is 0 Å². The minimum atomic E-state index is -3.13. The molecule has 6 heteroatoms. The lowest BCUT2D eigenvalue weighted by Gasteiger charge is -2.19. The van der Waals surface area contributed by atoms with Gasteiger partial charge in [-0.15, -0.1) is 0 Å². The molecule has 1 aliphatic carbocycles. The van der Waals surface area contributed by atoms with E-state index in [1.54, 1.807) is 12.1 Å². The van der Waals surface area contributed by atoms with Crippen LogP contribution >= 0.6 is 0 Å². The maximum Gasteiger partial charge on any atom is 0.191 e. The lowest BCUT2D eigenvalue weighted by molar-refractivity contribution is 0.385. The fraction of sp³-hybridized carbons (Fsp3) is 0.667. The van der Waals surface area contributed by atoms with Gasteiger partial charge < -0.3 is 10.6 Å². The number of hydrogen-bond acceptors (Lipinski definition) is 3. The van der Waals surface area contributed by atoms with Crippen molar-refractivity contribution in [2.75, 3.05) is 25.9 Å². The van der Waals surface area contributed by atoms with E-state index in [-0.39, 0.29) is 0 Å². The summed E-state index contributed by atoms with van der Waals surface area (Å²) in [4.78, 5) is 5.17. The lowest BCUT2D eigenvalue weighted by Crippen LogP contribution is -2.38. The number of hydrogen-bond donors (Lipinski definition) is 2. The highest BCUT2D eigenvalue weighted by Gasteiger charge is 2.11. The van der Waals surface area contributed by atoms with Crippen LogP contribution in [0.1, 0.15) is 57.4 Å². The van der Waals surface area contributed by atoms with E-state index < -0.39 is 9.84 Å². The first-order valence-electron chi connectivity index (χ1n) is 10.3. The number of aliphatic imine (C=N–C) groups is 1. The van der Waals surface area contributed by atoms with Gasteiger partial charge in [-0.3, -0.25) is 4.99 Å². The zero-order valence-corrected chi connectivity index (χ0v) is 17.7. The van der Waals surface area contributed by atoms with E-state index in [1.165, 1.54) is 51.2 Å². The van der Waals surface area contributed by atoms with Crippen LogP contribution in [0.4, 0.5) is 0 Å². The molecule has 27 heavy (non-hydrogen) atoms. The molecular formula is C21H35N3O2S. The molecule has 1 fully saturated rings. The summed E-state index contributed by atoms with van der Waals surface area (Å²) in [6.45, 7) is 4.60. The van der Waals surface area contributed by atoms with Crippen molar-refractivity contribution >= 4 is 15.8 Å². The molecule has 0 spiro atoms. The molecule has 1 saturated carbocycles. The molecule has 0 aliphatic heterocycles. The number of benzene rings is 1. The second-order valence-electron chi connectivity index (χ2n) is 7.52. The Bertz CT molecular complexity index is 676. The van der Waals surface area contributed by atoms with E-state index in [9.17, 15) is 8.42 Å². The van der Waals surface area contributed by atoms with Crippen molar-refractivity contribution in [2.24, 2.45) is 10.9 Å². The average molecular weight is 394 g/mol. The van der Waals surface area contributed by atoms with Gasteiger partial charge in [0.05, 0.1) is 4.90 Å². The Balaban J connectivity index is 1.82. The molecule has 0 atom stereocenters. The van der Waals surface area contributed by atoms with Crippen LogP contribution in [0, 0.1) is 5.92 Å². The Labute approximate surface area is 165 Å². The predicted molar refractivity (Wildman–Crippen MR) is 113 cm³/mol. The molecule has 0 bridgehead atoms. The van der Waals surface area contributed by atoms with Gasteiger partial charge in [-0.1, -0.05) is 44.2 Å². The van der Waals surface area contributed by atoms with Gasteiger partial charge in [0, 0.05) is 25.9 Å². The third kappa shape index (κ3) is 8.33. The SMILES string of the molecule is CCNC(=NCC1CCCCCCC1)NCCc1ccc(S(C)(=O)=O)cc1. The minimum absolute atomic E-state index is 0.369. The van der Waals surface area contributed by atoms with Gasteiger partial charge in [-0.05, 0) is 49.8 Å². The fourth-order valence-corrected chi connectivity index (χ4v) is 4.14. The number of nitrogens with one attached hydrogen (secondary N) is 2. The maximum absolute atomic E-state index is 11.5. The van der Waals surface area contributed by atoms with Crippen molar-refractivity contribution in [1.29, 1.82) is 0 Å². The van der Waals surface area contributed by atoms with Crippen molar-refractivity contribution in [3.63, 3.8) is 0 Å². The first-order valence-corrected chi connectivity index (χ1v) is 12.2. The summed E-state index contributed by atoms with van der Waals surface area (Å²) in [6.07, 6.45) is 11.5. The zero-order chi connectivity index (χ0) is 19.5. The van der Waals surface area contributed by atoms with Gasteiger partial charge in [-0.25, -0.2) is 8.42 Å². The van der Waals surface area contributed by atoms with Crippen LogP contribution in [-0.4, -0.2) is 40.3 Å². The Kier molecular flexibility index (Phi) is 9.11. The van der Waals surface area contributed by atoms with E-state index in [2.05, 4.69) is 17.6 Å². The highest BCUT2D eigenvalue weighted by molar-refractivity contribution is 7.90. The van der Waals surface area contributed by atoms with Crippen molar-refractivity contribution in [3.05, 3.63) is 29.8 Å². The van der Waals surface area contributed by atoms with Gasteiger partial charge in [-0.2, -0.15) is 0 Å². The molecule has 0 unspecified atom stereocenters. The molecule has 2 rings (SSSR count). The van der Waals surface area contributed by atoms with Crippen molar-refractivity contribution in [1.82, 2.24) is 10.6 Å². The molecule has 5 nitrogen and oxygen atoms in total. The monoisotopic (exact) mass is 393 g/mol. The molecule has 1 aromatic rings. The van der Waals surface area contributed by atoms with E-state index >= 15 is 0 Å². The first-order chi connectivity index (χ1) is 13.0. The number of sulfone groups is 1. The highest BCUT2D eigenvalue weighted by atomic mass is 32.2. The van der Waals surface area contributed by atoms with Crippen molar-refractivity contribution < 1.29 is 8.42 Å². The second kappa shape index (κ2) is 11.3. The summed E-state index contributed by atoms with van der Waals surface area (Å²) < 4.78 is 23.1. The van der Waals surface area contributed by atoms with Crippen LogP contribution in [0.2, 0.25) is 0 Å². The van der Waals surface area contributed by atoms with Crippen LogP contribution in [-0.2, 0) is 16.3 Å². The van der Waals surface area contributed by atoms with Crippen LogP contribution in [0.5, 0.6) is 0 Å². The largest absolute Gasteiger partial charge is 0.357 e. The highest BCUT2D eigenvalue weighted by Crippen LogP contribution is 2.22. The van der Waals surface area contributed by atoms with Crippen LogP contribution in [0.3, 0.4) is 0 Å². The van der Waals surface area contributed by atoms with Crippen LogP contribution < -0.4 is 10.6 Å². The summed E-state index contributed by atoms with van der Waals surface area (Å²) in [5.74, 6) is 1.59. The standard InChI is InChI=1S/C21H35N3O2S/c1-3-22-21(24-17-19-9-7-5-4-6-8-10-19)23-16-15-18-11-13-20(14-12-18)27(2,25)26/h11-14,19H,3-10,15-17H2,1-2H3,(H2,22,23,24). The number of rotatable bonds is 7. The van der Waals surface area contributed by atoms with Crippen LogP contribution in [0.25, 0.3) is 0 Å². The first kappa shape index (κ1) is 21.7. The summed E-state index contributed by atoms with van der Waals surface area (Å²) >= 11 is 0. The van der Waals surface area contributed by atoms with Crippen molar-refractivity contribution in [3.8, 4) is 0 Å². The maximum atomic E-state index is 11.5. The molecule has 1 aromatic carbocycles. The Morgan fingerprint density at radius 1 is 1.04 bits per heavy atom. The quantitative estimate of drug-likeness (QED) is 0.549. The molecule has 0 heterocycles. The summed E-state index contributed by atoms with van der Waals surface area (Å²) in [7, 11) is -3.13. The molecule has 1 aliphatic rings. The van der Waals surface area contributed by atoms with Crippen LogP contribution in [0.15, 0.2) is 34.2 Å². The molecule has 0 amide bonds. The Hall–Kier alpha value is -1.56. The number of guanidine groups is 1. The number of nitrogens with zero attached hydrogens (tertiary/aromatic N) is 1. The van der Waals surface area contributed by atoms with E-state index in [1.807, 2.05) is 12.1 Å². The van der Waals surface area contributed by atoms with E-state index in [0.29, 0.717) is 10.8 Å². The van der Waals surface area contributed by atoms with Gasteiger partial charge in [0.25, 0.3) is 0 Å². The molecular weight excluding hydrogens is 358 g/mol. The average Bonchev–Trinajstić information content (AvgIpc) is 2.60. The smallest absolute Gasteiger partial charge is 0.191 e. The molecule has 152 valence electrons. The molecule has 0 saturated heterocycles. The third-order valence-corrected chi connectivity index (χ3v) is 6.26. The fourth-order valence-electron chi connectivity index (χ4n) is 3.51. The zero-order valence-electron chi connectivity index (χ0n) is 16.8. The Morgan fingerprint density at radius 3 is 2.26 bits per heavy atom. The topological polar surface area (TPSA) is 70.6 Å². The third-order valence-electron chi connectivity index (χ3n) is 5.13.